The van der Waals surface area contributed by atoms with E-state index >= 15 is 0 Å². The third-order valence-electron chi connectivity index (χ3n) is 1.17. The van der Waals surface area contributed by atoms with Crippen LogP contribution in [0.1, 0.15) is 6.92 Å². The molecule has 0 amide bonds. The third kappa shape index (κ3) is 1.49. The van der Waals surface area contributed by atoms with Crippen molar-refractivity contribution in [1.29, 1.82) is 0 Å². The van der Waals surface area contributed by atoms with E-state index in [9.17, 15) is 0 Å². The molecule has 1 rings (SSSR count). The molecule has 0 saturated heterocycles. The average Bonchev–Trinajstić information content (AvgIpc) is 1.99. The molecule has 1 aromatic heterocycles. The second-order valence-electron chi connectivity index (χ2n) is 1.95. The molecule has 5 nitrogen and oxygen atoms in total. The van der Waals surface area contributed by atoms with Crippen LogP contribution in [0.25, 0.3) is 0 Å². The van der Waals surface area contributed by atoms with E-state index in [1.807, 2.05) is 6.92 Å². The molecular weight excluding hydrogens is 144 g/mol. The van der Waals surface area contributed by atoms with Crippen LogP contribution in [-0.2, 0) is 0 Å². The van der Waals surface area contributed by atoms with E-state index in [1.165, 1.54) is 6.20 Å². The molecule has 60 valence electrons. The molecule has 0 bridgehead atoms. The summed E-state index contributed by atoms with van der Waals surface area (Å²) in [5.74, 6) is 0.299. The fourth-order valence-corrected chi connectivity index (χ4v) is 0.634. The lowest BCUT2D eigenvalue weighted by Crippen LogP contribution is -2.03. The van der Waals surface area contributed by atoms with Crippen molar-refractivity contribution in [2.75, 3.05) is 18.1 Å². The maximum absolute atomic E-state index is 5.52. The van der Waals surface area contributed by atoms with Gasteiger partial charge in [-0.15, -0.1) is 5.10 Å². The standard InChI is InChI=1S/C6H10N4O/c1-2-11-6-5(8)4(7)3-9-10-6/h3H,2H2,1H3,(H2,7,10)(H2,8,9). The maximum Gasteiger partial charge on any atom is 0.259 e. The van der Waals surface area contributed by atoms with Gasteiger partial charge in [-0.05, 0) is 6.92 Å². The van der Waals surface area contributed by atoms with Gasteiger partial charge in [0.25, 0.3) is 5.88 Å². The van der Waals surface area contributed by atoms with Gasteiger partial charge in [0.2, 0.25) is 0 Å². The highest BCUT2D eigenvalue weighted by molar-refractivity contribution is 5.66. The first-order valence-electron chi connectivity index (χ1n) is 3.25. The largest absolute Gasteiger partial charge is 0.475 e. The summed E-state index contributed by atoms with van der Waals surface area (Å²) in [5, 5.41) is 7.24. The van der Waals surface area contributed by atoms with Gasteiger partial charge in [0.05, 0.1) is 18.5 Å². The summed E-state index contributed by atoms with van der Waals surface area (Å²) < 4.78 is 5.04. The zero-order valence-electron chi connectivity index (χ0n) is 6.24. The number of ether oxygens (including phenoxy) is 1. The van der Waals surface area contributed by atoms with E-state index in [0.29, 0.717) is 23.9 Å². The van der Waals surface area contributed by atoms with Crippen LogP contribution in [0.4, 0.5) is 11.4 Å². The SMILES string of the molecule is CCOc1nncc(N)c1N. The fourth-order valence-electron chi connectivity index (χ4n) is 0.634. The minimum Gasteiger partial charge on any atom is -0.475 e. The molecule has 0 radical (unpaired) electrons. The Bertz CT molecular complexity index is 250. The molecule has 0 atom stereocenters. The van der Waals surface area contributed by atoms with Crippen molar-refractivity contribution in [3.8, 4) is 5.88 Å². The Hall–Kier alpha value is -1.52. The molecule has 1 aromatic rings. The Morgan fingerprint density at radius 1 is 1.55 bits per heavy atom. The summed E-state index contributed by atoms with van der Waals surface area (Å²) in [5.41, 5.74) is 11.7. The molecule has 0 saturated carbocycles. The summed E-state index contributed by atoms with van der Waals surface area (Å²) in [6.45, 7) is 2.34. The Labute approximate surface area is 64.4 Å². The first-order chi connectivity index (χ1) is 5.25. The van der Waals surface area contributed by atoms with E-state index in [4.69, 9.17) is 16.2 Å². The normalized spacial score (nSPS) is 9.55. The van der Waals surface area contributed by atoms with Gasteiger partial charge in [0, 0.05) is 0 Å². The molecule has 5 heteroatoms. The third-order valence-corrected chi connectivity index (χ3v) is 1.17. The highest BCUT2D eigenvalue weighted by Gasteiger charge is 2.03. The highest BCUT2D eigenvalue weighted by Crippen LogP contribution is 2.21. The van der Waals surface area contributed by atoms with Crippen LogP contribution in [0.5, 0.6) is 5.88 Å². The molecule has 0 unspecified atom stereocenters. The predicted octanol–water partition coefficient (Wildman–Crippen LogP) is 0.0397. The van der Waals surface area contributed by atoms with Crippen LogP contribution in [0.2, 0.25) is 0 Å². The van der Waals surface area contributed by atoms with Gasteiger partial charge in [-0.2, -0.15) is 5.10 Å². The number of nitrogen functional groups attached to an aromatic ring is 2. The Balaban J connectivity index is 2.96. The predicted molar refractivity (Wildman–Crippen MR) is 42.0 cm³/mol. The van der Waals surface area contributed by atoms with E-state index in [1.54, 1.807) is 0 Å². The topological polar surface area (TPSA) is 87.0 Å². The number of rotatable bonds is 2. The fraction of sp³-hybridized carbons (Fsp3) is 0.333. The van der Waals surface area contributed by atoms with Crippen LogP contribution < -0.4 is 16.2 Å². The summed E-state index contributed by atoms with van der Waals surface area (Å²) in [6.07, 6.45) is 1.39. The molecule has 0 aliphatic rings. The lowest BCUT2D eigenvalue weighted by molar-refractivity contribution is 0.325. The van der Waals surface area contributed by atoms with Crippen LogP contribution in [-0.4, -0.2) is 16.8 Å². The van der Waals surface area contributed by atoms with Crippen molar-refractivity contribution < 1.29 is 4.74 Å². The monoisotopic (exact) mass is 154 g/mol. The summed E-state index contributed by atoms with van der Waals surface area (Å²) in [6, 6.07) is 0. The van der Waals surface area contributed by atoms with E-state index in [-0.39, 0.29) is 0 Å². The van der Waals surface area contributed by atoms with Crippen molar-refractivity contribution in [2.45, 2.75) is 6.92 Å². The molecule has 0 fully saturated rings. The van der Waals surface area contributed by atoms with Gasteiger partial charge in [-0.25, -0.2) is 0 Å². The number of nitrogens with two attached hydrogens (primary N) is 2. The molecule has 0 spiro atoms. The van der Waals surface area contributed by atoms with Gasteiger partial charge in [-0.3, -0.25) is 0 Å². The molecular formula is C6H10N4O. The molecule has 1 heterocycles. The number of hydrogen-bond donors (Lipinski definition) is 2. The Morgan fingerprint density at radius 3 is 2.91 bits per heavy atom. The number of anilines is 2. The van der Waals surface area contributed by atoms with Crippen LogP contribution in [0.3, 0.4) is 0 Å². The average molecular weight is 154 g/mol. The second-order valence-corrected chi connectivity index (χ2v) is 1.95. The Kier molecular flexibility index (Phi) is 2.10. The quantitative estimate of drug-likeness (QED) is 0.628. The molecule has 4 N–H and O–H groups in total. The summed E-state index contributed by atoms with van der Waals surface area (Å²) in [4.78, 5) is 0. The van der Waals surface area contributed by atoms with E-state index in [0.717, 1.165) is 0 Å². The van der Waals surface area contributed by atoms with Gasteiger partial charge >= 0.3 is 0 Å². The lowest BCUT2D eigenvalue weighted by atomic mass is 10.4. The number of aromatic nitrogens is 2. The first-order valence-corrected chi connectivity index (χ1v) is 3.25. The maximum atomic E-state index is 5.52. The van der Waals surface area contributed by atoms with E-state index in [2.05, 4.69) is 10.2 Å². The van der Waals surface area contributed by atoms with Crippen molar-refractivity contribution >= 4 is 11.4 Å². The van der Waals surface area contributed by atoms with Crippen molar-refractivity contribution in [1.82, 2.24) is 10.2 Å². The minimum absolute atomic E-state index is 0.299. The van der Waals surface area contributed by atoms with Gasteiger partial charge in [-0.1, -0.05) is 0 Å². The smallest absolute Gasteiger partial charge is 0.259 e. The Morgan fingerprint density at radius 2 is 2.27 bits per heavy atom. The van der Waals surface area contributed by atoms with Crippen LogP contribution >= 0.6 is 0 Å². The van der Waals surface area contributed by atoms with Crippen LogP contribution in [0, 0.1) is 0 Å². The highest BCUT2D eigenvalue weighted by atomic mass is 16.5. The molecule has 0 aliphatic heterocycles. The zero-order valence-corrected chi connectivity index (χ0v) is 6.24. The molecule has 11 heavy (non-hydrogen) atoms. The number of hydrogen-bond acceptors (Lipinski definition) is 5. The molecule has 0 aliphatic carbocycles. The summed E-state index contributed by atoms with van der Waals surface area (Å²) in [7, 11) is 0. The second kappa shape index (κ2) is 3.05. The van der Waals surface area contributed by atoms with E-state index < -0.39 is 0 Å². The van der Waals surface area contributed by atoms with Crippen molar-refractivity contribution in [3.05, 3.63) is 6.20 Å². The van der Waals surface area contributed by atoms with Crippen molar-refractivity contribution in [3.63, 3.8) is 0 Å². The van der Waals surface area contributed by atoms with Gasteiger partial charge in [0.15, 0.2) is 0 Å². The minimum atomic E-state index is 0.299. The van der Waals surface area contributed by atoms with Crippen molar-refractivity contribution in [2.24, 2.45) is 0 Å². The summed E-state index contributed by atoms with van der Waals surface area (Å²) >= 11 is 0. The number of nitrogens with zero attached hydrogens (tertiary/aromatic N) is 2. The van der Waals surface area contributed by atoms with Gasteiger partial charge in [0.1, 0.15) is 5.69 Å². The lowest BCUT2D eigenvalue weighted by Gasteiger charge is -2.04. The van der Waals surface area contributed by atoms with Gasteiger partial charge < -0.3 is 16.2 Å². The van der Waals surface area contributed by atoms with Crippen LogP contribution in [0.15, 0.2) is 6.20 Å². The zero-order chi connectivity index (χ0) is 8.27. The molecule has 0 aromatic carbocycles. The first kappa shape index (κ1) is 7.59.